The van der Waals surface area contributed by atoms with Crippen molar-refractivity contribution in [3.05, 3.63) is 35.8 Å². The fraction of sp³-hybridized carbons (Fsp3) is 0.438. The molecule has 0 unspecified atom stereocenters. The zero-order valence-electron chi connectivity index (χ0n) is 11.7. The fourth-order valence-corrected chi connectivity index (χ4v) is 3.60. The summed E-state index contributed by atoms with van der Waals surface area (Å²) < 4.78 is 13.2. The minimum atomic E-state index is -0.281. The Morgan fingerprint density at radius 3 is 3.05 bits per heavy atom. The van der Waals surface area contributed by atoms with Crippen LogP contribution in [0.5, 0.6) is 0 Å². The van der Waals surface area contributed by atoms with E-state index in [2.05, 4.69) is 10.3 Å². The number of halogens is 1. The highest BCUT2D eigenvalue weighted by molar-refractivity contribution is 5.98. The number of likely N-dealkylation sites (tertiary alicyclic amines) is 1. The molecular formula is C16H18FN3O. The molecule has 110 valence electrons. The molecule has 0 aliphatic carbocycles. The summed E-state index contributed by atoms with van der Waals surface area (Å²) >= 11 is 0. The monoisotopic (exact) mass is 287 g/mol. The molecule has 21 heavy (non-hydrogen) atoms. The molecule has 4 rings (SSSR count). The second-order valence-corrected chi connectivity index (χ2v) is 6.09. The highest BCUT2D eigenvalue weighted by Crippen LogP contribution is 2.26. The topological polar surface area (TPSA) is 48.1 Å². The molecule has 1 amide bonds. The summed E-state index contributed by atoms with van der Waals surface area (Å²) in [4.78, 5) is 17.6. The normalized spacial score (nSPS) is 25.3. The van der Waals surface area contributed by atoms with Crippen LogP contribution in [0.15, 0.2) is 24.3 Å². The Balaban J connectivity index is 1.58. The molecule has 3 heterocycles. The first-order valence-corrected chi connectivity index (χ1v) is 7.51. The summed E-state index contributed by atoms with van der Waals surface area (Å²) in [6, 6.07) is 6.71. The molecule has 2 aliphatic heterocycles. The molecule has 2 aliphatic rings. The Morgan fingerprint density at radius 2 is 2.19 bits per heavy atom. The lowest BCUT2D eigenvalue weighted by Crippen LogP contribution is -2.41. The number of rotatable bonds is 1. The number of H-pyrrole nitrogens is 1. The molecule has 1 aromatic carbocycles. The van der Waals surface area contributed by atoms with Crippen molar-refractivity contribution in [2.75, 3.05) is 19.6 Å². The van der Waals surface area contributed by atoms with Crippen molar-refractivity contribution in [1.29, 1.82) is 0 Å². The zero-order chi connectivity index (χ0) is 14.4. The van der Waals surface area contributed by atoms with Crippen LogP contribution in [0.1, 0.15) is 23.3 Å². The van der Waals surface area contributed by atoms with Gasteiger partial charge in [0.05, 0.1) is 0 Å². The lowest BCUT2D eigenvalue weighted by Gasteiger charge is -2.24. The maximum Gasteiger partial charge on any atom is 0.270 e. The number of hydrogen-bond acceptors (Lipinski definition) is 2. The lowest BCUT2D eigenvalue weighted by molar-refractivity contribution is 0.0781. The van der Waals surface area contributed by atoms with Crippen LogP contribution in [-0.2, 0) is 0 Å². The third-order valence-electron chi connectivity index (χ3n) is 4.70. The highest BCUT2D eigenvalue weighted by atomic mass is 19.1. The number of fused-ring (bicyclic) bond motifs is 2. The van der Waals surface area contributed by atoms with E-state index in [1.54, 1.807) is 12.1 Å². The minimum Gasteiger partial charge on any atom is -0.351 e. The number of aromatic amines is 1. The minimum absolute atomic E-state index is 0.0165. The molecule has 2 fully saturated rings. The predicted molar refractivity (Wildman–Crippen MR) is 78.7 cm³/mol. The number of carbonyl (C=O) groups excluding carboxylic acids is 1. The Labute approximate surface area is 122 Å². The summed E-state index contributed by atoms with van der Waals surface area (Å²) in [6.45, 7) is 2.64. The van der Waals surface area contributed by atoms with Gasteiger partial charge in [0.15, 0.2) is 0 Å². The van der Waals surface area contributed by atoms with Gasteiger partial charge >= 0.3 is 0 Å². The SMILES string of the molecule is O=C(c1cc2cc(F)ccc2[nH]1)N1C[C@@H]2CCCN[C@@H]2C1. The highest BCUT2D eigenvalue weighted by Gasteiger charge is 2.36. The number of benzene rings is 1. The van der Waals surface area contributed by atoms with Crippen molar-refractivity contribution in [2.45, 2.75) is 18.9 Å². The maximum atomic E-state index is 13.2. The lowest BCUT2D eigenvalue weighted by atomic mass is 9.94. The molecule has 0 radical (unpaired) electrons. The average Bonchev–Trinajstić information content (AvgIpc) is 3.09. The molecule has 4 nitrogen and oxygen atoms in total. The second kappa shape index (κ2) is 4.84. The van der Waals surface area contributed by atoms with Crippen molar-refractivity contribution < 1.29 is 9.18 Å². The van der Waals surface area contributed by atoms with Crippen molar-refractivity contribution >= 4 is 16.8 Å². The van der Waals surface area contributed by atoms with Crippen LogP contribution in [0.25, 0.3) is 10.9 Å². The van der Waals surface area contributed by atoms with Gasteiger partial charge in [0.2, 0.25) is 0 Å². The quantitative estimate of drug-likeness (QED) is 0.844. The van der Waals surface area contributed by atoms with Gasteiger partial charge in [0.1, 0.15) is 11.5 Å². The third kappa shape index (κ3) is 2.21. The van der Waals surface area contributed by atoms with Gasteiger partial charge < -0.3 is 15.2 Å². The Hall–Kier alpha value is -1.88. The smallest absolute Gasteiger partial charge is 0.270 e. The van der Waals surface area contributed by atoms with Gasteiger partial charge in [-0.3, -0.25) is 4.79 Å². The summed E-state index contributed by atoms with van der Waals surface area (Å²) in [5, 5.41) is 4.24. The van der Waals surface area contributed by atoms with E-state index < -0.39 is 0 Å². The van der Waals surface area contributed by atoms with E-state index >= 15 is 0 Å². The Morgan fingerprint density at radius 1 is 1.29 bits per heavy atom. The van der Waals surface area contributed by atoms with Crippen LogP contribution in [-0.4, -0.2) is 41.5 Å². The van der Waals surface area contributed by atoms with E-state index in [1.165, 1.54) is 25.0 Å². The van der Waals surface area contributed by atoms with Crippen molar-refractivity contribution in [3.63, 3.8) is 0 Å². The van der Waals surface area contributed by atoms with Gasteiger partial charge in [-0.2, -0.15) is 0 Å². The van der Waals surface area contributed by atoms with Gasteiger partial charge in [0.25, 0.3) is 5.91 Å². The second-order valence-electron chi connectivity index (χ2n) is 6.09. The number of nitrogens with zero attached hydrogens (tertiary/aromatic N) is 1. The van der Waals surface area contributed by atoms with E-state index in [9.17, 15) is 9.18 Å². The molecule has 2 aromatic rings. The van der Waals surface area contributed by atoms with E-state index in [0.717, 1.165) is 30.5 Å². The number of carbonyl (C=O) groups is 1. The standard InChI is InChI=1S/C16H18FN3O/c17-12-3-4-13-11(6-12)7-14(19-13)16(21)20-8-10-2-1-5-18-15(10)9-20/h3-4,6-7,10,15,18-19H,1-2,5,8-9H2/t10-,15+/m0/s1. The Bertz CT molecular complexity index is 682. The molecule has 5 heteroatoms. The van der Waals surface area contributed by atoms with Crippen LogP contribution in [0, 0.1) is 11.7 Å². The van der Waals surface area contributed by atoms with Gasteiger partial charge in [-0.25, -0.2) is 4.39 Å². The predicted octanol–water partition coefficient (Wildman–Crippen LogP) is 2.13. The zero-order valence-corrected chi connectivity index (χ0v) is 11.7. The number of amides is 1. The molecule has 2 atom stereocenters. The molecular weight excluding hydrogens is 269 g/mol. The fourth-order valence-electron chi connectivity index (χ4n) is 3.60. The molecule has 0 bridgehead atoms. The van der Waals surface area contributed by atoms with Gasteiger partial charge in [-0.1, -0.05) is 0 Å². The first-order valence-electron chi connectivity index (χ1n) is 7.51. The molecule has 2 N–H and O–H groups in total. The van der Waals surface area contributed by atoms with Crippen molar-refractivity contribution in [1.82, 2.24) is 15.2 Å². The largest absolute Gasteiger partial charge is 0.351 e. The van der Waals surface area contributed by atoms with Crippen molar-refractivity contribution in [3.8, 4) is 0 Å². The van der Waals surface area contributed by atoms with Crippen LogP contribution in [0.4, 0.5) is 4.39 Å². The summed E-state index contributed by atoms with van der Waals surface area (Å²) in [6.07, 6.45) is 2.38. The van der Waals surface area contributed by atoms with Gasteiger partial charge in [-0.15, -0.1) is 0 Å². The van der Waals surface area contributed by atoms with Crippen LogP contribution >= 0.6 is 0 Å². The number of aromatic nitrogens is 1. The van der Waals surface area contributed by atoms with E-state index in [-0.39, 0.29) is 11.7 Å². The molecule has 1 aromatic heterocycles. The summed E-state index contributed by atoms with van der Waals surface area (Å²) in [7, 11) is 0. The average molecular weight is 287 g/mol. The number of nitrogens with one attached hydrogen (secondary N) is 2. The van der Waals surface area contributed by atoms with Crippen LogP contribution < -0.4 is 5.32 Å². The number of piperidine rings is 1. The van der Waals surface area contributed by atoms with Gasteiger partial charge in [0, 0.05) is 30.0 Å². The van der Waals surface area contributed by atoms with E-state index in [4.69, 9.17) is 0 Å². The maximum absolute atomic E-state index is 13.2. The van der Waals surface area contributed by atoms with E-state index in [1.807, 2.05) is 4.90 Å². The Kier molecular flexibility index (Phi) is 2.96. The van der Waals surface area contributed by atoms with Crippen LogP contribution in [0.2, 0.25) is 0 Å². The third-order valence-corrected chi connectivity index (χ3v) is 4.70. The molecule has 0 saturated carbocycles. The van der Waals surface area contributed by atoms with E-state index in [0.29, 0.717) is 17.7 Å². The number of hydrogen-bond donors (Lipinski definition) is 2. The van der Waals surface area contributed by atoms with Gasteiger partial charge in [-0.05, 0) is 49.6 Å². The molecule has 0 spiro atoms. The summed E-state index contributed by atoms with van der Waals surface area (Å²) in [5.41, 5.74) is 1.35. The molecule has 2 saturated heterocycles. The van der Waals surface area contributed by atoms with Crippen LogP contribution in [0.3, 0.4) is 0 Å². The first-order chi connectivity index (χ1) is 10.2. The first kappa shape index (κ1) is 12.8. The van der Waals surface area contributed by atoms with Crippen molar-refractivity contribution in [2.24, 2.45) is 5.92 Å². The summed E-state index contributed by atoms with van der Waals surface area (Å²) in [5.74, 6) is 0.309.